The van der Waals surface area contributed by atoms with Crippen LogP contribution in [-0.2, 0) is 6.42 Å². The minimum atomic E-state index is 0.287. The quantitative estimate of drug-likeness (QED) is 0.670. The maximum absolute atomic E-state index is 4.45. The fraction of sp³-hybridized carbons (Fsp3) is 0.235. The lowest BCUT2D eigenvalue weighted by molar-refractivity contribution is 0.553. The zero-order valence-corrected chi connectivity index (χ0v) is 14.1. The zero-order valence-electron chi connectivity index (χ0n) is 12.0. The summed E-state index contributed by atoms with van der Waals surface area (Å²) in [6.07, 6.45) is 4.95. The van der Waals surface area contributed by atoms with Gasteiger partial charge in [-0.25, -0.2) is 4.52 Å². The average Bonchev–Trinajstić information content (AvgIpc) is 2.93. The standard InChI is InChI=1S/C17H18IN3/c1-2-19-16(11-13-6-8-14(18)9-7-13)15-12-20-21-10-4-3-5-17(15)21/h3-10,12,16,19H,2,11H2,1H3. The summed E-state index contributed by atoms with van der Waals surface area (Å²) < 4.78 is 3.21. The van der Waals surface area contributed by atoms with Crippen LogP contribution in [0.5, 0.6) is 0 Å². The van der Waals surface area contributed by atoms with Gasteiger partial charge in [-0.3, -0.25) is 0 Å². The Labute approximate surface area is 138 Å². The molecule has 4 heteroatoms. The molecule has 0 radical (unpaired) electrons. The molecule has 2 heterocycles. The predicted molar refractivity (Wildman–Crippen MR) is 94.5 cm³/mol. The third kappa shape index (κ3) is 3.27. The second kappa shape index (κ2) is 6.58. The number of fused-ring (bicyclic) bond motifs is 1. The first-order valence-electron chi connectivity index (χ1n) is 7.18. The van der Waals surface area contributed by atoms with Gasteiger partial charge in [0.25, 0.3) is 0 Å². The maximum Gasteiger partial charge on any atom is 0.0709 e. The van der Waals surface area contributed by atoms with E-state index in [-0.39, 0.29) is 6.04 Å². The molecule has 1 N–H and O–H groups in total. The number of hydrogen-bond acceptors (Lipinski definition) is 2. The van der Waals surface area contributed by atoms with Crippen LogP contribution in [0.2, 0.25) is 0 Å². The van der Waals surface area contributed by atoms with E-state index in [2.05, 4.69) is 76.3 Å². The molecule has 1 aromatic carbocycles. The minimum Gasteiger partial charge on any atom is -0.310 e. The highest BCUT2D eigenvalue weighted by Gasteiger charge is 2.15. The van der Waals surface area contributed by atoms with Crippen molar-refractivity contribution in [2.75, 3.05) is 6.54 Å². The van der Waals surface area contributed by atoms with E-state index in [0.717, 1.165) is 13.0 Å². The van der Waals surface area contributed by atoms with Gasteiger partial charge in [-0.15, -0.1) is 0 Å². The number of halogens is 1. The van der Waals surface area contributed by atoms with Gasteiger partial charge in [0.2, 0.25) is 0 Å². The van der Waals surface area contributed by atoms with Crippen LogP contribution in [0, 0.1) is 3.57 Å². The Morgan fingerprint density at radius 3 is 2.76 bits per heavy atom. The monoisotopic (exact) mass is 391 g/mol. The van der Waals surface area contributed by atoms with Crippen molar-refractivity contribution in [2.45, 2.75) is 19.4 Å². The molecule has 0 amide bonds. The van der Waals surface area contributed by atoms with Gasteiger partial charge in [0, 0.05) is 21.4 Å². The summed E-state index contributed by atoms with van der Waals surface area (Å²) >= 11 is 2.34. The summed E-state index contributed by atoms with van der Waals surface area (Å²) in [4.78, 5) is 0. The fourth-order valence-electron chi connectivity index (χ4n) is 2.62. The number of rotatable bonds is 5. The molecule has 21 heavy (non-hydrogen) atoms. The number of aromatic nitrogens is 2. The molecule has 3 rings (SSSR count). The van der Waals surface area contributed by atoms with E-state index in [4.69, 9.17) is 0 Å². The van der Waals surface area contributed by atoms with Gasteiger partial charge in [0.15, 0.2) is 0 Å². The summed E-state index contributed by atoms with van der Waals surface area (Å²) in [5.74, 6) is 0. The van der Waals surface area contributed by atoms with Crippen molar-refractivity contribution in [1.29, 1.82) is 0 Å². The highest BCUT2D eigenvalue weighted by molar-refractivity contribution is 14.1. The minimum absolute atomic E-state index is 0.287. The molecule has 0 bridgehead atoms. The number of benzene rings is 1. The molecule has 3 aromatic rings. The predicted octanol–water partition coefficient (Wildman–Crippen LogP) is 3.83. The fourth-order valence-corrected chi connectivity index (χ4v) is 2.98. The van der Waals surface area contributed by atoms with Gasteiger partial charge < -0.3 is 5.32 Å². The summed E-state index contributed by atoms with van der Waals surface area (Å²) in [6, 6.07) is 15.2. The number of nitrogens with one attached hydrogen (secondary N) is 1. The summed E-state index contributed by atoms with van der Waals surface area (Å²) in [6.45, 7) is 3.09. The van der Waals surface area contributed by atoms with Crippen LogP contribution < -0.4 is 5.32 Å². The molecule has 0 aliphatic rings. The number of nitrogens with zero attached hydrogens (tertiary/aromatic N) is 2. The summed E-state index contributed by atoms with van der Waals surface area (Å²) in [5.41, 5.74) is 3.78. The molecule has 2 aromatic heterocycles. The van der Waals surface area contributed by atoms with E-state index < -0.39 is 0 Å². The first kappa shape index (κ1) is 14.5. The molecule has 108 valence electrons. The van der Waals surface area contributed by atoms with Gasteiger partial charge in [-0.1, -0.05) is 25.1 Å². The molecule has 0 spiro atoms. The molecule has 0 aliphatic carbocycles. The van der Waals surface area contributed by atoms with Crippen molar-refractivity contribution < 1.29 is 0 Å². The topological polar surface area (TPSA) is 29.3 Å². The molecule has 0 saturated heterocycles. The van der Waals surface area contributed by atoms with Crippen LogP contribution >= 0.6 is 22.6 Å². The molecule has 1 atom stereocenters. The highest BCUT2D eigenvalue weighted by Crippen LogP contribution is 2.23. The second-order valence-electron chi connectivity index (χ2n) is 5.07. The van der Waals surface area contributed by atoms with Crippen molar-refractivity contribution in [1.82, 2.24) is 14.9 Å². The largest absolute Gasteiger partial charge is 0.310 e. The van der Waals surface area contributed by atoms with Crippen molar-refractivity contribution in [2.24, 2.45) is 0 Å². The normalized spacial score (nSPS) is 12.7. The van der Waals surface area contributed by atoms with Gasteiger partial charge in [0.05, 0.1) is 11.7 Å². The number of likely N-dealkylation sites (N-methyl/N-ethyl adjacent to an activating group) is 1. The van der Waals surface area contributed by atoms with Crippen LogP contribution in [0.3, 0.4) is 0 Å². The number of pyridine rings is 1. The van der Waals surface area contributed by atoms with Crippen LogP contribution in [0.25, 0.3) is 5.52 Å². The summed E-state index contributed by atoms with van der Waals surface area (Å²) in [7, 11) is 0. The Kier molecular flexibility index (Phi) is 4.55. The van der Waals surface area contributed by atoms with E-state index in [9.17, 15) is 0 Å². The van der Waals surface area contributed by atoms with E-state index in [1.165, 1.54) is 20.2 Å². The third-order valence-electron chi connectivity index (χ3n) is 3.64. The van der Waals surface area contributed by atoms with Crippen LogP contribution in [0.15, 0.2) is 54.9 Å². The lowest BCUT2D eigenvalue weighted by Gasteiger charge is -2.17. The van der Waals surface area contributed by atoms with Crippen molar-refractivity contribution in [3.8, 4) is 0 Å². The maximum atomic E-state index is 4.45. The Bertz CT molecular complexity index is 718. The van der Waals surface area contributed by atoms with Crippen molar-refractivity contribution >= 4 is 28.1 Å². The van der Waals surface area contributed by atoms with Crippen molar-refractivity contribution in [3.63, 3.8) is 0 Å². The molecule has 1 unspecified atom stereocenters. The van der Waals surface area contributed by atoms with Crippen molar-refractivity contribution in [3.05, 3.63) is 69.6 Å². The lowest BCUT2D eigenvalue weighted by atomic mass is 10.00. The van der Waals surface area contributed by atoms with Crippen LogP contribution in [0.4, 0.5) is 0 Å². The Hall–Kier alpha value is -1.40. The smallest absolute Gasteiger partial charge is 0.0709 e. The van der Waals surface area contributed by atoms with E-state index in [1.54, 1.807) is 0 Å². The van der Waals surface area contributed by atoms with E-state index in [1.807, 2.05) is 23.0 Å². The molecule has 0 fully saturated rings. The molecule has 0 saturated carbocycles. The Balaban J connectivity index is 1.92. The van der Waals surface area contributed by atoms with E-state index >= 15 is 0 Å². The molecule has 0 aliphatic heterocycles. The van der Waals surface area contributed by atoms with E-state index in [0.29, 0.717) is 0 Å². The Morgan fingerprint density at radius 2 is 2.00 bits per heavy atom. The molecular formula is C17H18IN3. The lowest BCUT2D eigenvalue weighted by Crippen LogP contribution is -2.22. The first-order chi connectivity index (χ1) is 10.3. The van der Waals surface area contributed by atoms with Gasteiger partial charge in [0.1, 0.15) is 0 Å². The molecular weight excluding hydrogens is 373 g/mol. The van der Waals surface area contributed by atoms with Gasteiger partial charge in [-0.2, -0.15) is 5.10 Å². The van der Waals surface area contributed by atoms with Crippen LogP contribution in [-0.4, -0.2) is 16.2 Å². The third-order valence-corrected chi connectivity index (χ3v) is 4.35. The van der Waals surface area contributed by atoms with Gasteiger partial charge >= 0.3 is 0 Å². The molecule has 3 nitrogen and oxygen atoms in total. The average molecular weight is 391 g/mol. The highest BCUT2D eigenvalue weighted by atomic mass is 127. The Morgan fingerprint density at radius 1 is 1.19 bits per heavy atom. The number of hydrogen-bond donors (Lipinski definition) is 1. The first-order valence-corrected chi connectivity index (χ1v) is 8.26. The van der Waals surface area contributed by atoms with Crippen LogP contribution in [0.1, 0.15) is 24.1 Å². The summed E-state index contributed by atoms with van der Waals surface area (Å²) in [5, 5.41) is 8.04. The zero-order chi connectivity index (χ0) is 14.7. The SMILES string of the molecule is CCNC(Cc1ccc(I)cc1)c1cnn2ccccc12. The second-order valence-corrected chi connectivity index (χ2v) is 6.32. The van der Waals surface area contributed by atoms with Gasteiger partial charge in [-0.05, 0) is 65.4 Å².